The van der Waals surface area contributed by atoms with Gasteiger partial charge in [0.25, 0.3) is 5.91 Å². The summed E-state index contributed by atoms with van der Waals surface area (Å²) in [5.74, 6) is -2.08. The van der Waals surface area contributed by atoms with Crippen molar-refractivity contribution in [1.29, 1.82) is 0 Å². The highest BCUT2D eigenvalue weighted by molar-refractivity contribution is 5.94. The van der Waals surface area contributed by atoms with E-state index in [0.29, 0.717) is 0 Å². The van der Waals surface area contributed by atoms with Crippen molar-refractivity contribution in [2.45, 2.75) is 45.4 Å². The average Bonchev–Trinajstić information content (AvgIpc) is 2.54. The molecule has 1 fully saturated rings. The molecule has 25 heavy (non-hydrogen) atoms. The lowest BCUT2D eigenvalue weighted by atomic mass is 9.89. The summed E-state index contributed by atoms with van der Waals surface area (Å²) in [7, 11) is 0. The summed E-state index contributed by atoms with van der Waals surface area (Å²) >= 11 is 0. The van der Waals surface area contributed by atoms with Crippen LogP contribution in [0.25, 0.3) is 0 Å². The molecule has 7 heteroatoms. The summed E-state index contributed by atoms with van der Waals surface area (Å²) in [6.07, 6.45) is -0.0291. The lowest BCUT2D eigenvalue weighted by Gasteiger charge is -2.31. The van der Waals surface area contributed by atoms with Gasteiger partial charge in [-0.25, -0.2) is 5.48 Å². The van der Waals surface area contributed by atoms with Crippen LogP contribution in [0.1, 0.15) is 32.8 Å². The fraction of sp³-hybridized carbons (Fsp3) is 0.500. The Kier molecular flexibility index (Phi) is 6.27. The Morgan fingerprint density at radius 1 is 1.24 bits per heavy atom. The quantitative estimate of drug-likeness (QED) is 0.612. The van der Waals surface area contributed by atoms with E-state index < -0.39 is 29.4 Å². The standard InChI is InChI=1S/C18H24N2O5/c1-18(2,3)25-17(23)14-9-13(21)10-19-15(14)16(22)20-24-11-12-7-5-4-6-8-12/h4-8,14-15,19H,9-11H2,1-3H3,(H,20,22)/t14-,15-/m0/s1. The van der Waals surface area contributed by atoms with Crippen molar-refractivity contribution in [1.82, 2.24) is 10.8 Å². The van der Waals surface area contributed by atoms with Crippen molar-refractivity contribution >= 4 is 17.7 Å². The predicted octanol–water partition coefficient (Wildman–Crippen LogP) is 1.12. The molecule has 1 aromatic rings. The number of carbonyl (C=O) groups is 3. The van der Waals surface area contributed by atoms with Crippen LogP contribution >= 0.6 is 0 Å². The highest BCUT2D eigenvalue weighted by Crippen LogP contribution is 2.20. The summed E-state index contributed by atoms with van der Waals surface area (Å²) < 4.78 is 5.33. The lowest BCUT2D eigenvalue weighted by Crippen LogP contribution is -2.57. The van der Waals surface area contributed by atoms with E-state index in [1.165, 1.54) is 0 Å². The minimum Gasteiger partial charge on any atom is -0.460 e. The number of hydrogen-bond donors (Lipinski definition) is 2. The molecule has 2 N–H and O–H groups in total. The Bertz CT molecular complexity index is 624. The fourth-order valence-electron chi connectivity index (χ4n) is 2.50. The first-order chi connectivity index (χ1) is 11.8. The molecule has 0 radical (unpaired) electrons. The molecule has 0 saturated carbocycles. The molecule has 7 nitrogen and oxygen atoms in total. The predicted molar refractivity (Wildman–Crippen MR) is 90.1 cm³/mol. The van der Waals surface area contributed by atoms with Crippen LogP contribution in [-0.2, 0) is 30.6 Å². The van der Waals surface area contributed by atoms with E-state index in [9.17, 15) is 14.4 Å². The molecule has 1 heterocycles. The first kappa shape index (κ1) is 19.1. The zero-order valence-electron chi connectivity index (χ0n) is 14.7. The zero-order chi connectivity index (χ0) is 18.4. The zero-order valence-corrected chi connectivity index (χ0v) is 14.7. The molecule has 1 amide bonds. The second-order valence-electron chi connectivity index (χ2n) is 6.98. The number of piperidine rings is 1. The minimum absolute atomic E-state index is 0.0291. The Morgan fingerprint density at radius 2 is 1.92 bits per heavy atom. The maximum atomic E-state index is 12.4. The topological polar surface area (TPSA) is 93.7 Å². The molecule has 2 rings (SSSR count). The van der Waals surface area contributed by atoms with Gasteiger partial charge in [0.05, 0.1) is 19.1 Å². The Balaban J connectivity index is 1.94. The van der Waals surface area contributed by atoms with Crippen LogP contribution in [0.2, 0.25) is 0 Å². The second kappa shape index (κ2) is 8.22. The largest absolute Gasteiger partial charge is 0.460 e. The van der Waals surface area contributed by atoms with Gasteiger partial charge < -0.3 is 4.74 Å². The fourth-order valence-corrected chi connectivity index (χ4v) is 2.50. The summed E-state index contributed by atoms with van der Waals surface area (Å²) in [6.45, 7) is 5.45. The molecule has 1 aliphatic rings. The number of Topliss-reactive ketones (excluding diaryl/α,β-unsaturated/α-hetero) is 1. The summed E-state index contributed by atoms with van der Waals surface area (Å²) in [5, 5.41) is 2.79. The third kappa shape index (κ3) is 5.95. The molecule has 0 unspecified atom stereocenters. The van der Waals surface area contributed by atoms with Crippen LogP contribution in [0.4, 0.5) is 0 Å². The molecule has 0 bridgehead atoms. The Labute approximate surface area is 147 Å². The number of hydroxylamine groups is 1. The number of benzene rings is 1. The average molecular weight is 348 g/mol. The molecule has 1 aliphatic heterocycles. The van der Waals surface area contributed by atoms with Crippen molar-refractivity contribution in [3.63, 3.8) is 0 Å². The Morgan fingerprint density at radius 3 is 2.56 bits per heavy atom. The molecule has 1 aromatic carbocycles. The van der Waals surface area contributed by atoms with E-state index in [-0.39, 0.29) is 25.4 Å². The third-order valence-electron chi connectivity index (χ3n) is 3.62. The van der Waals surface area contributed by atoms with Gasteiger partial charge in [-0.2, -0.15) is 0 Å². The van der Waals surface area contributed by atoms with E-state index in [0.717, 1.165) is 5.56 Å². The molecule has 1 saturated heterocycles. The van der Waals surface area contributed by atoms with E-state index in [1.807, 2.05) is 30.3 Å². The summed E-state index contributed by atoms with van der Waals surface area (Å²) in [5.41, 5.74) is 2.55. The van der Waals surface area contributed by atoms with Gasteiger partial charge in [-0.3, -0.25) is 24.5 Å². The van der Waals surface area contributed by atoms with Crippen molar-refractivity contribution in [2.24, 2.45) is 5.92 Å². The van der Waals surface area contributed by atoms with Crippen molar-refractivity contribution in [2.75, 3.05) is 6.54 Å². The van der Waals surface area contributed by atoms with Gasteiger partial charge in [0.15, 0.2) is 0 Å². The normalized spacial score (nSPS) is 20.8. The van der Waals surface area contributed by atoms with Gasteiger partial charge in [-0.15, -0.1) is 0 Å². The van der Waals surface area contributed by atoms with Gasteiger partial charge in [-0.1, -0.05) is 30.3 Å². The number of rotatable bonds is 5. The number of ketones is 1. The minimum atomic E-state index is -0.874. The van der Waals surface area contributed by atoms with Gasteiger partial charge in [0, 0.05) is 6.42 Å². The number of esters is 1. The van der Waals surface area contributed by atoms with Gasteiger partial charge in [0.1, 0.15) is 17.4 Å². The van der Waals surface area contributed by atoms with Gasteiger partial charge >= 0.3 is 5.97 Å². The summed E-state index contributed by atoms with van der Waals surface area (Å²) in [4.78, 5) is 41.6. The molecular weight excluding hydrogens is 324 g/mol. The van der Waals surface area contributed by atoms with Gasteiger partial charge in [0.2, 0.25) is 0 Å². The lowest BCUT2D eigenvalue weighted by molar-refractivity contribution is -0.166. The maximum Gasteiger partial charge on any atom is 0.312 e. The monoisotopic (exact) mass is 348 g/mol. The SMILES string of the molecule is CC(C)(C)OC(=O)[C@H]1CC(=O)CN[C@@H]1C(=O)NOCc1ccccc1. The van der Waals surface area contributed by atoms with Crippen LogP contribution in [0.3, 0.4) is 0 Å². The second-order valence-corrected chi connectivity index (χ2v) is 6.98. The van der Waals surface area contributed by atoms with Crippen molar-refractivity contribution in [3.8, 4) is 0 Å². The molecule has 0 spiro atoms. The molecule has 0 aliphatic carbocycles. The van der Waals surface area contributed by atoms with Crippen molar-refractivity contribution in [3.05, 3.63) is 35.9 Å². The first-order valence-corrected chi connectivity index (χ1v) is 8.20. The van der Waals surface area contributed by atoms with Crippen LogP contribution in [0.15, 0.2) is 30.3 Å². The molecule has 0 aromatic heterocycles. The smallest absolute Gasteiger partial charge is 0.312 e. The van der Waals surface area contributed by atoms with E-state index in [2.05, 4.69) is 10.8 Å². The van der Waals surface area contributed by atoms with E-state index >= 15 is 0 Å². The third-order valence-corrected chi connectivity index (χ3v) is 3.62. The van der Waals surface area contributed by atoms with Crippen molar-refractivity contribution < 1.29 is 24.0 Å². The number of carbonyl (C=O) groups excluding carboxylic acids is 3. The van der Waals surface area contributed by atoms with E-state index in [1.54, 1.807) is 20.8 Å². The van der Waals surface area contributed by atoms with Crippen LogP contribution in [0.5, 0.6) is 0 Å². The number of amides is 1. The molecular formula is C18H24N2O5. The molecule has 2 atom stereocenters. The van der Waals surface area contributed by atoms with Crippen LogP contribution < -0.4 is 10.8 Å². The number of nitrogens with one attached hydrogen (secondary N) is 2. The Hall–Kier alpha value is -2.25. The first-order valence-electron chi connectivity index (χ1n) is 8.20. The highest BCUT2D eigenvalue weighted by atomic mass is 16.7. The number of ether oxygens (including phenoxy) is 1. The van der Waals surface area contributed by atoms with Crippen LogP contribution in [-0.4, -0.2) is 35.8 Å². The highest BCUT2D eigenvalue weighted by Gasteiger charge is 2.41. The number of hydrogen-bond acceptors (Lipinski definition) is 6. The van der Waals surface area contributed by atoms with Crippen LogP contribution in [0, 0.1) is 5.92 Å². The summed E-state index contributed by atoms with van der Waals surface area (Å²) in [6, 6.07) is 8.49. The van der Waals surface area contributed by atoms with E-state index in [4.69, 9.17) is 9.57 Å². The van der Waals surface area contributed by atoms with Gasteiger partial charge in [-0.05, 0) is 26.3 Å². The maximum absolute atomic E-state index is 12.4. The molecule has 136 valence electrons.